The van der Waals surface area contributed by atoms with Gasteiger partial charge in [-0.1, -0.05) is 54.4 Å². The van der Waals surface area contributed by atoms with Crippen molar-refractivity contribution in [1.29, 1.82) is 0 Å². The van der Waals surface area contributed by atoms with Crippen LogP contribution in [0.2, 0.25) is 10.0 Å². The summed E-state index contributed by atoms with van der Waals surface area (Å²) >= 11 is 12.1. The average Bonchev–Trinajstić information content (AvgIpc) is 2.74. The van der Waals surface area contributed by atoms with E-state index >= 15 is 0 Å². The Balaban J connectivity index is 2.37. The fourth-order valence-electron chi connectivity index (χ4n) is 3.01. The lowest BCUT2D eigenvalue weighted by Crippen LogP contribution is -2.51. The molecule has 0 heterocycles. The number of para-hydroxylation sites is 1. The number of carbonyl (C=O) groups excluding carboxylic acids is 2. The van der Waals surface area contributed by atoms with E-state index in [1.54, 1.807) is 49.4 Å². The van der Waals surface area contributed by atoms with E-state index in [2.05, 4.69) is 5.32 Å². The van der Waals surface area contributed by atoms with Crippen LogP contribution in [0.4, 0.5) is 5.69 Å². The Bertz CT molecular complexity index is 1050. The van der Waals surface area contributed by atoms with Gasteiger partial charge in [0.05, 0.1) is 17.0 Å². The number of amides is 2. The second-order valence-corrected chi connectivity index (χ2v) is 10.1. The maximum atomic E-state index is 13.3. The fraction of sp³-hybridized carbons (Fsp3) is 0.364. The lowest BCUT2D eigenvalue weighted by molar-refractivity contribution is -0.139. The van der Waals surface area contributed by atoms with Crippen molar-refractivity contribution < 1.29 is 18.0 Å². The number of sulfonamides is 1. The zero-order valence-electron chi connectivity index (χ0n) is 18.2. The lowest BCUT2D eigenvalue weighted by Gasteiger charge is -2.31. The second kappa shape index (κ2) is 11.5. The predicted octanol–water partition coefficient (Wildman–Crippen LogP) is 3.70. The highest BCUT2D eigenvalue weighted by Crippen LogP contribution is 2.27. The Morgan fingerprint density at radius 2 is 1.69 bits per heavy atom. The van der Waals surface area contributed by atoms with Gasteiger partial charge in [-0.05, 0) is 43.2 Å². The SMILES string of the molecule is CCCNC(=O)[C@H](C)N(Cc1ccc(Cl)cc1)C(=O)CN(c1ccccc1Cl)S(C)(=O)=O. The molecule has 2 aromatic carbocycles. The molecule has 0 unspecified atom stereocenters. The largest absolute Gasteiger partial charge is 0.354 e. The summed E-state index contributed by atoms with van der Waals surface area (Å²) in [5.41, 5.74) is 0.945. The number of nitrogens with zero attached hydrogens (tertiary/aromatic N) is 2. The standard InChI is InChI=1S/C22H27Cl2N3O4S/c1-4-13-25-22(29)16(2)26(14-17-9-11-18(23)12-10-17)21(28)15-27(32(3,30)31)20-8-6-5-7-19(20)24/h5-12,16H,4,13-15H2,1-3H3,(H,25,29)/t16-/m0/s1. The summed E-state index contributed by atoms with van der Waals surface area (Å²) in [4.78, 5) is 27.3. The number of rotatable bonds is 10. The Kier molecular flexibility index (Phi) is 9.36. The average molecular weight is 500 g/mol. The Morgan fingerprint density at radius 1 is 1.06 bits per heavy atom. The molecule has 1 atom stereocenters. The second-order valence-electron chi connectivity index (χ2n) is 7.34. The van der Waals surface area contributed by atoms with Gasteiger partial charge >= 0.3 is 0 Å². The summed E-state index contributed by atoms with van der Waals surface area (Å²) in [6.07, 6.45) is 1.75. The summed E-state index contributed by atoms with van der Waals surface area (Å²) in [5, 5.41) is 3.52. The van der Waals surface area contributed by atoms with Gasteiger partial charge in [0.1, 0.15) is 12.6 Å². The zero-order chi connectivity index (χ0) is 23.9. The van der Waals surface area contributed by atoms with Gasteiger partial charge in [0.25, 0.3) is 0 Å². The first-order chi connectivity index (χ1) is 15.0. The molecule has 0 spiro atoms. The van der Waals surface area contributed by atoms with Gasteiger partial charge in [-0.15, -0.1) is 0 Å². The Hall–Kier alpha value is -2.29. The summed E-state index contributed by atoms with van der Waals surface area (Å²) < 4.78 is 25.9. The van der Waals surface area contributed by atoms with Crippen molar-refractivity contribution in [2.45, 2.75) is 32.9 Å². The molecule has 0 bridgehead atoms. The van der Waals surface area contributed by atoms with Crippen molar-refractivity contribution in [3.63, 3.8) is 0 Å². The van der Waals surface area contributed by atoms with Gasteiger partial charge in [-0.3, -0.25) is 13.9 Å². The van der Waals surface area contributed by atoms with E-state index in [0.717, 1.165) is 22.5 Å². The Labute approximate surface area is 199 Å². The van der Waals surface area contributed by atoms with Crippen LogP contribution in [0.5, 0.6) is 0 Å². The van der Waals surface area contributed by atoms with Crippen molar-refractivity contribution >= 4 is 50.7 Å². The molecule has 32 heavy (non-hydrogen) atoms. The Morgan fingerprint density at radius 3 is 2.25 bits per heavy atom. The lowest BCUT2D eigenvalue weighted by atomic mass is 10.1. The summed E-state index contributed by atoms with van der Waals surface area (Å²) in [7, 11) is -3.82. The van der Waals surface area contributed by atoms with Crippen LogP contribution in [0.25, 0.3) is 0 Å². The van der Waals surface area contributed by atoms with Crippen molar-refractivity contribution in [2.24, 2.45) is 0 Å². The molecule has 0 fully saturated rings. The van der Waals surface area contributed by atoms with Gasteiger partial charge in [0.2, 0.25) is 21.8 Å². The van der Waals surface area contributed by atoms with Gasteiger partial charge in [-0.25, -0.2) is 8.42 Å². The monoisotopic (exact) mass is 499 g/mol. The van der Waals surface area contributed by atoms with Crippen molar-refractivity contribution in [1.82, 2.24) is 10.2 Å². The molecule has 2 amide bonds. The number of carbonyl (C=O) groups is 2. The molecule has 7 nitrogen and oxygen atoms in total. The third-order valence-electron chi connectivity index (χ3n) is 4.78. The molecule has 0 saturated carbocycles. The van der Waals surface area contributed by atoms with E-state index in [1.165, 1.54) is 11.0 Å². The van der Waals surface area contributed by atoms with E-state index < -0.39 is 28.5 Å². The summed E-state index contributed by atoms with van der Waals surface area (Å²) in [5.74, 6) is -0.859. The normalized spacial score (nSPS) is 12.2. The first-order valence-electron chi connectivity index (χ1n) is 10.1. The molecule has 2 aromatic rings. The molecular formula is C22H27Cl2N3O4S. The predicted molar refractivity (Wildman–Crippen MR) is 128 cm³/mol. The van der Waals surface area contributed by atoms with E-state index in [0.29, 0.717) is 11.6 Å². The van der Waals surface area contributed by atoms with Crippen LogP contribution in [0, 0.1) is 0 Å². The van der Waals surface area contributed by atoms with E-state index in [9.17, 15) is 18.0 Å². The molecule has 0 aliphatic carbocycles. The highest BCUT2D eigenvalue weighted by atomic mass is 35.5. The van der Waals surface area contributed by atoms with Crippen molar-refractivity contribution in [3.05, 3.63) is 64.1 Å². The fourth-order valence-corrected chi connectivity index (χ4v) is 4.29. The highest BCUT2D eigenvalue weighted by molar-refractivity contribution is 7.92. The molecule has 0 aliphatic rings. The minimum Gasteiger partial charge on any atom is -0.354 e. The number of nitrogens with one attached hydrogen (secondary N) is 1. The molecule has 0 aromatic heterocycles. The molecule has 0 aliphatic heterocycles. The first kappa shape index (κ1) is 26.0. The third kappa shape index (κ3) is 7.12. The topological polar surface area (TPSA) is 86.8 Å². The van der Waals surface area contributed by atoms with Crippen molar-refractivity contribution in [2.75, 3.05) is 23.7 Å². The number of anilines is 1. The van der Waals surface area contributed by atoms with Crippen LogP contribution in [-0.4, -0.2) is 50.5 Å². The van der Waals surface area contributed by atoms with Crippen LogP contribution in [0.3, 0.4) is 0 Å². The maximum Gasteiger partial charge on any atom is 0.244 e. The minimum atomic E-state index is -3.82. The molecule has 1 N–H and O–H groups in total. The van der Waals surface area contributed by atoms with Gasteiger partial charge in [0, 0.05) is 18.1 Å². The molecule has 2 rings (SSSR count). The van der Waals surface area contributed by atoms with E-state index in [4.69, 9.17) is 23.2 Å². The quantitative estimate of drug-likeness (QED) is 0.539. The minimum absolute atomic E-state index is 0.108. The van der Waals surface area contributed by atoms with Crippen LogP contribution in [0.15, 0.2) is 48.5 Å². The number of hydrogen-bond acceptors (Lipinski definition) is 4. The number of hydrogen-bond donors (Lipinski definition) is 1. The molecule has 10 heteroatoms. The third-order valence-corrected chi connectivity index (χ3v) is 6.48. The molecular weight excluding hydrogens is 473 g/mol. The zero-order valence-corrected chi connectivity index (χ0v) is 20.5. The smallest absolute Gasteiger partial charge is 0.244 e. The number of benzene rings is 2. The highest BCUT2D eigenvalue weighted by Gasteiger charge is 2.30. The summed E-state index contributed by atoms with van der Waals surface area (Å²) in [6.45, 7) is 3.62. The van der Waals surface area contributed by atoms with E-state index in [-0.39, 0.29) is 23.2 Å². The van der Waals surface area contributed by atoms with Gasteiger partial charge in [-0.2, -0.15) is 0 Å². The van der Waals surface area contributed by atoms with Gasteiger partial charge < -0.3 is 10.2 Å². The molecule has 174 valence electrons. The number of halogens is 2. The van der Waals surface area contributed by atoms with E-state index in [1.807, 2.05) is 6.92 Å². The summed E-state index contributed by atoms with van der Waals surface area (Å²) in [6, 6.07) is 12.4. The van der Waals surface area contributed by atoms with Gasteiger partial charge in [0.15, 0.2) is 0 Å². The van der Waals surface area contributed by atoms with Crippen LogP contribution in [-0.2, 0) is 26.2 Å². The molecule has 0 radical (unpaired) electrons. The maximum absolute atomic E-state index is 13.3. The van der Waals surface area contributed by atoms with Crippen molar-refractivity contribution in [3.8, 4) is 0 Å². The van der Waals surface area contributed by atoms with Crippen LogP contribution in [0.1, 0.15) is 25.8 Å². The first-order valence-corrected chi connectivity index (χ1v) is 12.7. The molecule has 0 saturated heterocycles. The van der Waals surface area contributed by atoms with Crippen LogP contribution >= 0.6 is 23.2 Å². The van der Waals surface area contributed by atoms with Crippen LogP contribution < -0.4 is 9.62 Å².